The van der Waals surface area contributed by atoms with Crippen LogP contribution in [0.5, 0.6) is 11.6 Å². The van der Waals surface area contributed by atoms with E-state index in [9.17, 15) is 36.4 Å². The van der Waals surface area contributed by atoms with Crippen molar-refractivity contribution < 1.29 is 50.6 Å². The molecule has 3 fully saturated rings. The number of aryl methyl sites for hydroxylation is 1. The number of nitrogens with zero attached hydrogens (tertiary/aromatic N) is 3. The number of nitrogens with one attached hydrogen (secondary N) is 3. The lowest BCUT2D eigenvalue weighted by atomic mass is 9.85. The number of ether oxygens (including phenoxy) is 3. The van der Waals surface area contributed by atoms with Gasteiger partial charge < -0.3 is 29.7 Å². The first kappa shape index (κ1) is 45.2. The van der Waals surface area contributed by atoms with Crippen LogP contribution in [-0.4, -0.2) is 102 Å². The third-order valence-electron chi connectivity index (χ3n) is 12.6. The highest BCUT2D eigenvalue weighted by atomic mass is 32.2. The third kappa shape index (κ3) is 9.73. The van der Waals surface area contributed by atoms with Gasteiger partial charge in [0.15, 0.2) is 0 Å². The summed E-state index contributed by atoms with van der Waals surface area (Å²) < 4.78 is 72.8. The van der Waals surface area contributed by atoms with Crippen molar-refractivity contribution in [1.29, 1.82) is 0 Å². The van der Waals surface area contributed by atoms with Crippen LogP contribution in [0.3, 0.4) is 0 Å². The van der Waals surface area contributed by atoms with Crippen molar-refractivity contribution in [3.63, 3.8) is 0 Å². The van der Waals surface area contributed by atoms with Crippen molar-refractivity contribution in [3.8, 4) is 11.6 Å². The first-order valence-corrected chi connectivity index (χ1v) is 22.7. The molecule has 18 heteroatoms. The topological polar surface area (TPSA) is 195 Å². The van der Waals surface area contributed by atoms with Crippen LogP contribution in [0, 0.1) is 17.3 Å². The van der Waals surface area contributed by atoms with Gasteiger partial charge >= 0.3 is 6.09 Å². The minimum Gasteiger partial charge on any atom is -0.497 e. The Labute approximate surface area is 350 Å². The molecule has 0 spiro atoms. The number of amides is 4. The van der Waals surface area contributed by atoms with Crippen LogP contribution in [-0.2, 0) is 35.6 Å². The number of rotatable bonds is 9. The van der Waals surface area contributed by atoms with Gasteiger partial charge in [0, 0.05) is 18.4 Å². The summed E-state index contributed by atoms with van der Waals surface area (Å²) >= 11 is 0. The fourth-order valence-corrected chi connectivity index (χ4v) is 9.80. The molecule has 4 aliphatic rings. The molecule has 60 heavy (non-hydrogen) atoms. The zero-order valence-electron chi connectivity index (χ0n) is 35.6. The number of benzene rings is 1. The number of methoxy groups -OCH3 is 1. The van der Waals surface area contributed by atoms with Gasteiger partial charge in [-0.3, -0.25) is 19.1 Å². The Bertz CT molecular complexity index is 2060. The summed E-state index contributed by atoms with van der Waals surface area (Å²) in [5.41, 5.74) is -1.14. The highest BCUT2D eigenvalue weighted by molar-refractivity contribution is 7.91. The Balaban J connectivity index is 1.41. The molecule has 0 radical (unpaired) electrons. The van der Waals surface area contributed by atoms with E-state index in [1.807, 2.05) is 13.0 Å². The number of carbonyl (C=O) groups excluding carboxylic acids is 4. The van der Waals surface area contributed by atoms with Crippen LogP contribution in [0.1, 0.15) is 118 Å². The van der Waals surface area contributed by atoms with Crippen molar-refractivity contribution in [2.24, 2.45) is 17.3 Å². The maximum absolute atomic E-state index is 14.9. The van der Waals surface area contributed by atoms with Crippen molar-refractivity contribution in [3.05, 3.63) is 23.9 Å². The van der Waals surface area contributed by atoms with E-state index in [4.69, 9.17) is 24.2 Å². The average Bonchev–Trinajstić information content (AvgIpc) is 4.05. The number of hydrogen-bond acceptors (Lipinski definition) is 11. The summed E-state index contributed by atoms with van der Waals surface area (Å²) in [6.45, 7) is 10.2. The molecule has 332 valence electrons. The number of carbonyl (C=O) groups is 4. The van der Waals surface area contributed by atoms with Crippen LogP contribution < -0.4 is 24.8 Å². The first-order chi connectivity index (χ1) is 28.2. The monoisotopic (exact) mass is 862 g/mol. The SMILES string of the molecule is CC[C@@H]1[C@@H]2CN(C(=O)[C@H](C(C)(C)C)NC(=O)O[C@@H](C)CCCCCCCc3nc4ccc(OC)cc4nc3O2)[C@@H]1C(=O)N[C@]1(C(=O)NS(=O)(=O)C2(C)CC2)C[C@H]1CC(F)F. The fraction of sp³-hybridized carbons (Fsp3) is 0.714. The minimum atomic E-state index is -4.19. The average molecular weight is 863 g/mol. The fourth-order valence-electron chi connectivity index (χ4n) is 8.49. The van der Waals surface area contributed by atoms with E-state index < -0.39 is 98.5 Å². The summed E-state index contributed by atoms with van der Waals surface area (Å²) in [6, 6.07) is 2.79. The minimum absolute atomic E-state index is 0.154. The molecule has 0 unspecified atom stereocenters. The predicted octanol–water partition coefficient (Wildman–Crippen LogP) is 5.58. The molecule has 1 saturated heterocycles. The molecule has 4 amide bonds. The lowest BCUT2D eigenvalue weighted by Crippen LogP contribution is -2.61. The molecule has 1 aromatic heterocycles. The van der Waals surface area contributed by atoms with E-state index in [1.165, 1.54) is 11.8 Å². The van der Waals surface area contributed by atoms with Gasteiger partial charge in [-0.25, -0.2) is 32.0 Å². The molecule has 1 aromatic carbocycles. The molecule has 3 heterocycles. The van der Waals surface area contributed by atoms with Gasteiger partial charge in [-0.2, -0.15) is 0 Å². The quantitative estimate of drug-likeness (QED) is 0.285. The van der Waals surface area contributed by atoms with Crippen LogP contribution in [0.25, 0.3) is 11.0 Å². The maximum atomic E-state index is 14.9. The third-order valence-corrected chi connectivity index (χ3v) is 14.8. The second-order valence-corrected chi connectivity index (χ2v) is 20.5. The predicted molar refractivity (Wildman–Crippen MR) is 218 cm³/mol. The Morgan fingerprint density at radius 2 is 1.77 bits per heavy atom. The first-order valence-electron chi connectivity index (χ1n) is 21.2. The molecule has 2 aliphatic carbocycles. The summed E-state index contributed by atoms with van der Waals surface area (Å²) in [4.78, 5) is 68.1. The zero-order valence-corrected chi connectivity index (χ0v) is 36.5. The normalized spacial score (nSPS) is 28.9. The lowest BCUT2D eigenvalue weighted by molar-refractivity contribution is -0.143. The Hall–Kier alpha value is -4.35. The molecule has 2 aromatic rings. The molecule has 7 atom stereocenters. The number of alkyl halides is 2. The Morgan fingerprint density at radius 1 is 1.07 bits per heavy atom. The van der Waals surface area contributed by atoms with Gasteiger partial charge in [0.2, 0.25) is 34.1 Å². The largest absolute Gasteiger partial charge is 0.497 e. The van der Waals surface area contributed by atoms with Gasteiger partial charge in [-0.05, 0) is 88.7 Å². The van der Waals surface area contributed by atoms with Gasteiger partial charge in [-0.15, -0.1) is 0 Å². The lowest BCUT2D eigenvalue weighted by Gasteiger charge is -2.36. The number of cyclic esters (lactones) is 1. The number of halogens is 2. The van der Waals surface area contributed by atoms with E-state index in [0.29, 0.717) is 48.2 Å². The number of hydrogen-bond donors (Lipinski definition) is 3. The Morgan fingerprint density at radius 3 is 2.42 bits per heavy atom. The van der Waals surface area contributed by atoms with Crippen LogP contribution in [0.2, 0.25) is 0 Å². The van der Waals surface area contributed by atoms with Gasteiger partial charge in [0.05, 0.1) is 29.4 Å². The number of sulfonamides is 1. The summed E-state index contributed by atoms with van der Waals surface area (Å²) in [5, 5.41) is 5.43. The maximum Gasteiger partial charge on any atom is 0.408 e. The van der Waals surface area contributed by atoms with E-state index in [2.05, 4.69) is 15.4 Å². The van der Waals surface area contributed by atoms with Crippen LogP contribution in [0.15, 0.2) is 18.2 Å². The molecule has 2 bridgehead atoms. The molecule has 2 aliphatic heterocycles. The molecular weight excluding hydrogens is 803 g/mol. The molecule has 15 nitrogen and oxygen atoms in total. The molecule has 2 saturated carbocycles. The van der Waals surface area contributed by atoms with Crippen molar-refractivity contribution in [2.45, 2.75) is 160 Å². The summed E-state index contributed by atoms with van der Waals surface area (Å²) in [6.07, 6.45) is 0.552. The highest BCUT2D eigenvalue weighted by Gasteiger charge is 2.65. The second-order valence-electron chi connectivity index (χ2n) is 18.3. The number of aromatic nitrogens is 2. The smallest absolute Gasteiger partial charge is 0.408 e. The highest BCUT2D eigenvalue weighted by Crippen LogP contribution is 2.49. The zero-order chi connectivity index (χ0) is 43.8. The van der Waals surface area contributed by atoms with Gasteiger partial charge in [0.1, 0.15) is 41.3 Å². The molecule has 6 rings (SSSR count). The Kier molecular flexibility index (Phi) is 13.2. The van der Waals surface area contributed by atoms with E-state index in [1.54, 1.807) is 46.9 Å². The van der Waals surface area contributed by atoms with Gasteiger partial charge in [-0.1, -0.05) is 47.0 Å². The number of fused-ring (bicyclic) bond motifs is 4. The number of alkyl carbamates (subject to hydrolysis) is 1. The molecule has 3 N–H and O–H groups in total. The van der Waals surface area contributed by atoms with Crippen molar-refractivity contribution >= 4 is 44.9 Å². The van der Waals surface area contributed by atoms with Crippen LogP contribution in [0.4, 0.5) is 13.6 Å². The van der Waals surface area contributed by atoms with E-state index >= 15 is 0 Å². The van der Waals surface area contributed by atoms with Crippen molar-refractivity contribution in [1.82, 2.24) is 30.2 Å². The second kappa shape index (κ2) is 17.6. The van der Waals surface area contributed by atoms with Crippen molar-refractivity contribution in [2.75, 3.05) is 13.7 Å². The standard InChI is InChI=1S/C42H60F2N6O9S/c1-8-27-31-23-50(33(27)35(51)48-42(22-25(42)20-32(43)44)38(53)49-60(55,56)41(6)18-19-41)37(52)34(40(3,4)5)47-39(54)58-24(2)14-12-10-9-11-13-15-29-36(59-31)46-30-21-26(57-7)16-17-28(30)45-29/h16-17,21,24-25,27,31-34H,8-15,18-20,22-23H2,1-7H3,(H,47,54)(H,48,51)(H,49,53)/t24-,25+,27+,31-,33-,34+,42+/m0/s1. The van der Waals surface area contributed by atoms with Gasteiger partial charge in [0.25, 0.3) is 5.91 Å². The van der Waals surface area contributed by atoms with E-state index in [0.717, 1.165) is 32.1 Å². The van der Waals surface area contributed by atoms with Crippen LogP contribution >= 0.6 is 0 Å². The summed E-state index contributed by atoms with van der Waals surface area (Å²) in [7, 11) is -2.65. The molecular formula is C42H60F2N6O9S. The summed E-state index contributed by atoms with van der Waals surface area (Å²) in [5.74, 6) is -3.61. The van der Waals surface area contributed by atoms with E-state index in [-0.39, 0.29) is 25.3 Å².